The second kappa shape index (κ2) is 5.74. The van der Waals surface area contributed by atoms with Gasteiger partial charge in [-0.05, 0) is 11.6 Å². The maximum absolute atomic E-state index is 12.1. The Bertz CT molecular complexity index is 625. The van der Waals surface area contributed by atoms with E-state index in [0.29, 0.717) is 6.42 Å². The third-order valence-electron chi connectivity index (χ3n) is 2.44. The molecule has 0 saturated carbocycles. The molecule has 0 atom stereocenters. The highest BCUT2D eigenvalue weighted by atomic mass is 79.9. The molecule has 0 radical (unpaired) electrons. The first kappa shape index (κ1) is 14.7. The lowest BCUT2D eigenvalue weighted by Gasteiger charge is -2.01. The van der Waals surface area contributed by atoms with Gasteiger partial charge in [0.2, 0.25) is 11.7 Å². The van der Waals surface area contributed by atoms with E-state index in [1.54, 1.807) is 0 Å². The summed E-state index contributed by atoms with van der Waals surface area (Å²) in [5, 5.41) is 3.56. The summed E-state index contributed by atoms with van der Waals surface area (Å²) in [4.78, 5) is 14.6. The lowest BCUT2D eigenvalue weighted by Crippen LogP contribution is -2.24. The lowest BCUT2D eigenvalue weighted by molar-refractivity contribution is -0.170. The zero-order valence-corrected chi connectivity index (χ0v) is 11.5. The number of ketones is 1. The third-order valence-corrected chi connectivity index (χ3v) is 3.22. The quantitative estimate of drug-likeness (QED) is 0.851. The van der Waals surface area contributed by atoms with Crippen LogP contribution in [0.5, 0.6) is 0 Å². The number of Topliss-reactive ketones (excluding diaryl/α,β-unsaturated/α-hetero) is 1. The average molecular weight is 349 g/mol. The van der Waals surface area contributed by atoms with Gasteiger partial charge >= 0.3 is 6.18 Å². The predicted molar refractivity (Wildman–Crippen MR) is 66.0 cm³/mol. The minimum absolute atomic E-state index is 0.224. The molecule has 1 aromatic carbocycles. The van der Waals surface area contributed by atoms with E-state index in [1.807, 2.05) is 24.3 Å². The fraction of sp³-hybridized carbons (Fsp3) is 0.250. The van der Waals surface area contributed by atoms with Crippen LogP contribution in [0.4, 0.5) is 13.2 Å². The molecule has 0 spiro atoms. The van der Waals surface area contributed by atoms with Gasteiger partial charge in [0.15, 0.2) is 5.82 Å². The van der Waals surface area contributed by atoms with Crippen LogP contribution in [0.3, 0.4) is 0 Å². The summed E-state index contributed by atoms with van der Waals surface area (Å²) in [6.07, 6.45) is -5.53. The molecule has 0 fully saturated rings. The Hall–Kier alpha value is -1.70. The third kappa shape index (κ3) is 3.66. The number of hydrogen-bond donors (Lipinski definition) is 0. The molecule has 20 heavy (non-hydrogen) atoms. The summed E-state index contributed by atoms with van der Waals surface area (Å²) in [5.74, 6) is -2.02. The van der Waals surface area contributed by atoms with E-state index in [1.165, 1.54) is 0 Å². The summed E-state index contributed by atoms with van der Waals surface area (Å²) in [7, 11) is 0. The van der Waals surface area contributed by atoms with E-state index in [0.717, 1.165) is 10.0 Å². The van der Waals surface area contributed by atoms with Gasteiger partial charge in [-0.2, -0.15) is 18.2 Å². The smallest absolute Gasteiger partial charge is 0.339 e. The Labute approximate surface area is 120 Å². The van der Waals surface area contributed by atoms with Crippen LogP contribution in [-0.4, -0.2) is 22.1 Å². The fourth-order valence-corrected chi connectivity index (χ4v) is 1.91. The SMILES string of the molecule is O=C(Cc1nc(Cc2ccccc2Br)no1)C(F)(F)F. The number of hydrogen-bond acceptors (Lipinski definition) is 4. The molecule has 106 valence electrons. The van der Waals surface area contributed by atoms with Gasteiger partial charge in [0.25, 0.3) is 0 Å². The highest BCUT2D eigenvalue weighted by molar-refractivity contribution is 9.10. The number of benzene rings is 1. The second-order valence-electron chi connectivity index (χ2n) is 3.97. The zero-order valence-electron chi connectivity index (χ0n) is 9.95. The molecule has 0 bridgehead atoms. The van der Waals surface area contributed by atoms with E-state index >= 15 is 0 Å². The summed E-state index contributed by atoms with van der Waals surface area (Å²) in [6, 6.07) is 7.29. The van der Waals surface area contributed by atoms with Crippen molar-refractivity contribution in [3.05, 3.63) is 46.0 Å². The highest BCUT2D eigenvalue weighted by Crippen LogP contribution is 2.20. The molecule has 0 N–H and O–H groups in total. The Balaban J connectivity index is 2.07. The Morgan fingerprint density at radius 2 is 2.00 bits per heavy atom. The molecule has 1 aromatic heterocycles. The van der Waals surface area contributed by atoms with Crippen LogP contribution in [0.15, 0.2) is 33.3 Å². The average Bonchev–Trinajstić information content (AvgIpc) is 2.78. The van der Waals surface area contributed by atoms with Gasteiger partial charge in [-0.25, -0.2) is 0 Å². The molecule has 8 heteroatoms. The molecule has 2 aromatic rings. The van der Waals surface area contributed by atoms with Crippen LogP contribution < -0.4 is 0 Å². The molecule has 0 saturated heterocycles. The summed E-state index contributed by atoms with van der Waals surface area (Å²) in [6.45, 7) is 0. The van der Waals surface area contributed by atoms with Crippen LogP contribution in [0.25, 0.3) is 0 Å². The van der Waals surface area contributed by atoms with Gasteiger partial charge < -0.3 is 4.52 Å². The largest absolute Gasteiger partial charge is 0.450 e. The van der Waals surface area contributed by atoms with Crippen molar-refractivity contribution in [2.45, 2.75) is 19.0 Å². The number of rotatable bonds is 4. The number of halogens is 4. The first-order chi connectivity index (χ1) is 9.36. The Morgan fingerprint density at radius 1 is 1.30 bits per heavy atom. The fourth-order valence-electron chi connectivity index (χ4n) is 1.48. The van der Waals surface area contributed by atoms with Crippen LogP contribution in [0.1, 0.15) is 17.3 Å². The van der Waals surface area contributed by atoms with Gasteiger partial charge in [-0.3, -0.25) is 4.79 Å². The monoisotopic (exact) mass is 348 g/mol. The topological polar surface area (TPSA) is 56.0 Å². The van der Waals surface area contributed by atoms with Gasteiger partial charge in [-0.15, -0.1) is 0 Å². The molecule has 0 aliphatic heterocycles. The van der Waals surface area contributed by atoms with Crippen molar-refractivity contribution in [3.8, 4) is 0 Å². The van der Waals surface area contributed by atoms with E-state index < -0.39 is 18.4 Å². The van der Waals surface area contributed by atoms with Crippen molar-refractivity contribution in [2.24, 2.45) is 0 Å². The van der Waals surface area contributed by atoms with E-state index in [4.69, 9.17) is 0 Å². The maximum atomic E-state index is 12.1. The standard InChI is InChI=1S/C12H8BrF3N2O2/c13-8-4-2-1-3-7(8)5-10-17-11(20-18-10)6-9(19)12(14,15)16/h1-4H,5-6H2. The maximum Gasteiger partial charge on any atom is 0.450 e. The molecular weight excluding hydrogens is 341 g/mol. The van der Waals surface area contributed by atoms with Gasteiger partial charge in [-0.1, -0.05) is 39.3 Å². The van der Waals surface area contributed by atoms with Crippen molar-refractivity contribution in [1.29, 1.82) is 0 Å². The lowest BCUT2D eigenvalue weighted by atomic mass is 10.1. The summed E-state index contributed by atoms with van der Waals surface area (Å²) < 4.78 is 41.8. The van der Waals surface area contributed by atoms with E-state index in [-0.39, 0.29) is 11.7 Å². The van der Waals surface area contributed by atoms with Crippen molar-refractivity contribution in [3.63, 3.8) is 0 Å². The molecular formula is C12H8BrF3N2O2. The molecule has 1 heterocycles. The Kier molecular flexibility index (Phi) is 4.22. The molecule has 0 aliphatic carbocycles. The first-order valence-corrected chi connectivity index (χ1v) is 6.30. The van der Waals surface area contributed by atoms with E-state index in [2.05, 4.69) is 30.6 Å². The number of carbonyl (C=O) groups is 1. The molecule has 0 unspecified atom stereocenters. The molecule has 4 nitrogen and oxygen atoms in total. The predicted octanol–water partition coefficient (Wildman–Crippen LogP) is 3.10. The van der Waals surface area contributed by atoms with E-state index in [9.17, 15) is 18.0 Å². The molecule has 2 rings (SSSR count). The van der Waals surface area contributed by atoms with Crippen molar-refractivity contribution in [1.82, 2.24) is 10.1 Å². The van der Waals surface area contributed by atoms with Crippen LogP contribution >= 0.6 is 15.9 Å². The number of alkyl halides is 3. The Morgan fingerprint density at radius 3 is 2.65 bits per heavy atom. The minimum Gasteiger partial charge on any atom is -0.339 e. The minimum atomic E-state index is -4.89. The number of carbonyl (C=O) groups excluding carboxylic acids is 1. The van der Waals surface area contributed by atoms with Crippen LogP contribution in [-0.2, 0) is 17.6 Å². The van der Waals surface area contributed by atoms with Crippen molar-refractivity contribution < 1.29 is 22.5 Å². The number of aromatic nitrogens is 2. The summed E-state index contributed by atoms with van der Waals surface area (Å²) >= 11 is 3.34. The van der Waals surface area contributed by atoms with Gasteiger partial charge in [0.05, 0.1) is 6.42 Å². The van der Waals surface area contributed by atoms with Gasteiger partial charge in [0, 0.05) is 10.9 Å². The first-order valence-electron chi connectivity index (χ1n) is 5.51. The van der Waals surface area contributed by atoms with Crippen molar-refractivity contribution >= 4 is 21.7 Å². The van der Waals surface area contributed by atoms with Crippen molar-refractivity contribution in [2.75, 3.05) is 0 Å². The van der Waals surface area contributed by atoms with Crippen LogP contribution in [0, 0.1) is 0 Å². The number of nitrogens with zero attached hydrogens (tertiary/aromatic N) is 2. The summed E-state index contributed by atoms with van der Waals surface area (Å²) in [5.41, 5.74) is 0.863. The van der Waals surface area contributed by atoms with Crippen LogP contribution in [0.2, 0.25) is 0 Å². The molecule has 0 amide bonds. The highest BCUT2D eigenvalue weighted by Gasteiger charge is 2.39. The van der Waals surface area contributed by atoms with Gasteiger partial charge in [0.1, 0.15) is 0 Å². The molecule has 0 aliphatic rings. The normalized spacial score (nSPS) is 11.6. The second-order valence-corrected chi connectivity index (χ2v) is 4.82. The zero-order chi connectivity index (χ0) is 14.8.